The van der Waals surface area contributed by atoms with E-state index in [0.717, 1.165) is 22.6 Å². The van der Waals surface area contributed by atoms with Gasteiger partial charge in [-0.3, -0.25) is 4.57 Å². The summed E-state index contributed by atoms with van der Waals surface area (Å²) in [6, 6.07) is 15.7. The monoisotopic (exact) mass is 558 g/mol. The highest BCUT2D eigenvalue weighted by atomic mass is 16.8. The Morgan fingerprint density at radius 2 is 1.73 bits per heavy atom. The van der Waals surface area contributed by atoms with Gasteiger partial charge in [-0.2, -0.15) is 0 Å². The van der Waals surface area contributed by atoms with Crippen LogP contribution < -0.4 is 14.8 Å². The number of hydrogen-bond donors (Lipinski definition) is 1. The molecule has 2 aromatic carbocycles. The Labute approximate surface area is 236 Å². The van der Waals surface area contributed by atoms with E-state index in [0.29, 0.717) is 30.1 Å². The van der Waals surface area contributed by atoms with Crippen molar-refractivity contribution in [1.29, 1.82) is 0 Å². The fraction of sp³-hybridized carbons (Fsp3) is 0.393. The molecule has 13 heteroatoms. The third-order valence-corrected chi connectivity index (χ3v) is 7.03. The number of rotatable bonds is 10. The maximum absolute atomic E-state index is 8.80. The lowest BCUT2D eigenvalue weighted by molar-refractivity contribution is -0.195. The number of anilines is 1. The molecule has 2 unspecified atom stereocenters. The molecule has 13 nitrogen and oxygen atoms in total. The number of nitrogens with zero attached hydrogens (tertiary/aromatic N) is 7. The van der Waals surface area contributed by atoms with E-state index in [1.165, 1.54) is 6.33 Å². The van der Waals surface area contributed by atoms with Crippen molar-refractivity contribution < 1.29 is 23.7 Å². The van der Waals surface area contributed by atoms with Crippen LogP contribution in [0.4, 0.5) is 5.82 Å². The number of ether oxygens (including phenoxy) is 5. The van der Waals surface area contributed by atoms with Crippen LogP contribution in [-0.4, -0.2) is 57.3 Å². The van der Waals surface area contributed by atoms with Crippen LogP contribution in [0.1, 0.15) is 31.2 Å². The second kappa shape index (κ2) is 11.2. The molecule has 0 spiro atoms. The first-order valence-electron chi connectivity index (χ1n) is 13.2. The highest BCUT2D eigenvalue weighted by Crippen LogP contribution is 2.44. The number of aromatic nitrogens is 4. The van der Waals surface area contributed by atoms with Crippen LogP contribution in [0.25, 0.3) is 21.6 Å². The van der Waals surface area contributed by atoms with Crippen LogP contribution in [0.2, 0.25) is 0 Å². The lowest BCUT2D eigenvalue weighted by Gasteiger charge is -2.24. The quantitative estimate of drug-likeness (QED) is 0.165. The zero-order valence-electron chi connectivity index (χ0n) is 22.9. The van der Waals surface area contributed by atoms with Gasteiger partial charge in [0.1, 0.15) is 36.6 Å². The van der Waals surface area contributed by atoms with E-state index in [4.69, 9.17) is 29.2 Å². The van der Waals surface area contributed by atoms with Gasteiger partial charge in [-0.1, -0.05) is 29.4 Å². The van der Waals surface area contributed by atoms with E-state index < -0.39 is 24.2 Å². The molecule has 4 atom stereocenters. The molecule has 2 aromatic heterocycles. The largest absolute Gasteiger partial charge is 0.497 e. The summed E-state index contributed by atoms with van der Waals surface area (Å²) < 4.78 is 31.4. The van der Waals surface area contributed by atoms with Gasteiger partial charge in [0.2, 0.25) is 0 Å². The summed E-state index contributed by atoms with van der Waals surface area (Å²) in [6.07, 6.45) is 1.32. The van der Waals surface area contributed by atoms with Crippen molar-refractivity contribution >= 4 is 17.0 Å². The van der Waals surface area contributed by atoms with Crippen molar-refractivity contribution in [1.82, 2.24) is 19.5 Å². The second-order valence-electron chi connectivity index (χ2n) is 10.2. The number of benzene rings is 2. The molecule has 0 aliphatic carbocycles. The summed E-state index contributed by atoms with van der Waals surface area (Å²) in [4.78, 5) is 16.3. The molecule has 0 saturated carbocycles. The van der Waals surface area contributed by atoms with E-state index in [1.807, 2.05) is 66.9 Å². The van der Waals surface area contributed by atoms with E-state index in [-0.39, 0.29) is 12.6 Å². The molecular formula is C28H30N8O5. The van der Waals surface area contributed by atoms with Gasteiger partial charge in [-0.15, -0.1) is 0 Å². The minimum Gasteiger partial charge on any atom is -0.497 e. The molecule has 0 radical (unpaired) electrons. The van der Waals surface area contributed by atoms with Gasteiger partial charge in [0.15, 0.2) is 29.0 Å². The van der Waals surface area contributed by atoms with Crippen LogP contribution in [0.5, 0.6) is 11.5 Å². The minimum absolute atomic E-state index is 0.132. The second-order valence-corrected chi connectivity index (χ2v) is 10.2. The summed E-state index contributed by atoms with van der Waals surface area (Å²) >= 11 is 0. The summed E-state index contributed by atoms with van der Waals surface area (Å²) in [6.45, 7) is 4.83. The predicted molar refractivity (Wildman–Crippen MR) is 148 cm³/mol. The summed E-state index contributed by atoms with van der Waals surface area (Å²) in [5.74, 6) is 1.40. The minimum atomic E-state index is -0.791. The van der Waals surface area contributed by atoms with Crippen molar-refractivity contribution in [3.63, 3.8) is 0 Å². The maximum atomic E-state index is 8.80. The highest BCUT2D eigenvalue weighted by Gasteiger charge is 2.55. The molecule has 4 aromatic rings. The number of imidazole rings is 1. The zero-order chi connectivity index (χ0) is 28.4. The Morgan fingerprint density at radius 1 is 1.00 bits per heavy atom. The summed E-state index contributed by atoms with van der Waals surface area (Å²) in [5, 5.41) is 7.05. The fourth-order valence-electron chi connectivity index (χ4n) is 5.09. The number of azide groups is 1. The Morgan fingerprint density at radius 3 is 2.49 bits per heavy atom. The third-order valence-electron chi connectivity index (χ3n) is 7.03. The average molecular weight is 559 g/mol. The molecule has 4 heterocycles. The van der Waals surface area contributed by atoms with E-state index >= 15 is 0 Å². The molecule has 2 aliphatic heterocycles. The van der Waals surface area contributed by atoms with Crippen LogP contribution in [0.15, 0.2) is 66.3 Å². The van der Waals surface area contributed by atoms with E-state index in [1.54, 1.807) is 13.4 Å². The smallest absolute Gasteiger partial charge is 0.167 e. The first-order chi connectivity index (χ1) is 19.9. The van der Waals surface area contributed by atoms with Crippen molar-refractivity contribution in [3.8, 4) is 11.5 Å². The highest BCUT2D eigenvalue weighted by molar-refractivity contribution is 5.82. The molecule has 212 valence electrons. The van der Waals surface area contributed by atoms with Gasteiger partial charge in [0.25, 0.3) is 0 Å². The molecule has 0 amide bonds. The molecule has 2 fully saturated rings. The first-order valence-corrected chi connectivity index (χ1v) is 13.2. The van der Waals surface area contributed by atoms with Crippen LogP contribution in [0, 0.1) is 0 Å². The standard InChI is InChI=1S/C28H30N8O5/c1-28(2)40-23-21(13-34-35-29)39-27(24(23)41-28)36-16-33-22-25(31-15-32-26(22)36)30-12-17-4-10-20(11-5-17)38-14-18-6-8-19(37-3)9-7-18/h4-11,15-16,21,23-24,27H,12-14H2,1-3H3,(H,30,31,32)/t21-,23?,24?,27-/m1/s1. The molecule has 2 saturated heterocycles. The van der Waals surface area contributed by atoms with Crippen LogP contribution in [-0.2, 0) is 27.4 Å². The van der Waals surface area contributed by atoms with Crippen molar-refractivity contribution in [2.45, 2.75) is 57.3 Å². The molecule has 6 rings (SSSR count). The zero-order valence-corrected chi connectivity index (χ0v) is 22.9. The van der Waals surface area contributed by atoms with Gasteiger partial charge < -0.3 is 29.0 Å². The average Bonchev–Trinajstić information content (AvgIpc) is 3.65. The lowest BCUT2D eigenvalue weighted by atomic mass is 10.1. The lowest BCUT2D eigenvalue weighted by Crippen LogP contribution is -2.31. The van der Waals surface area contributed by atoms with Gasteiger partial charge >= 0.3 is 0 Å². The van der Waals surface area contributed by atoms with Crippen molar-refractivity contribution in [2.24, 2.45) is 5.11 Å². The third kappa shape index (κ3) is 5.61. The fourth-order valence-corrected chi connectivity index (χ4v) is 5.09. The Bertz CT molecular complexity index is 1550. The molecule has 2 aliphatic rings. The Kier molecular flexibility index (Phi) is 7.33. The molecule has 1 N–H and O–H groups in total. The number of hydrogen-bond acceptors (Lipinski definition) is 10. The van der Waals surface area contributed by atoms with Crippen LogP contribution in [0.3, 0.4) is 0 Å². The van der Waals surface area contributed by atoms with Gasteiger partial charge in [0.05, 0.1) is 26.1 Å². The SMILES string of the molecule is COc1ccc(COc2ccc(CNc3ncnc4c3ncn4[C@@H]3O[C@H](CN=[N+]=[N-])C4OC(C)(C)OC43)cc2)cc1. The molecule has 0 bridgehead atoms. The number of fused-ring (bicyclic) bond motifs is 2. The molecule has 41 heavy (non-hydrogen) atoms. The van der Waals surface area contributed by atoms with Gasteiger partial charge in [-0.25, -0.2) is 15.0 Å². The van der Waals surface area contributed by atoms with Gasteiger partial charge in [0, 0.05) is 11.5 Å². The number of methoxy groups -OCH3 is 1. The summed E-state index contributed by atoms with van der Waals surface area (Å²) in [7, 11) is 1.65. The van der Waals surface area contributed by atoms with Gasteiger partial charge in [-0.05, 0) is 54.8 Å². The summed E-state index contributed by atoms with van der Waals surface area (Å²) in [5.41, 5.74) is 12.1. The van der Waals surface area contributed by atoms with E-state index in [2.05, 4.69) is 30.3 Å². The Balaban J connectivity index is 1.12. The van der Waals surface area contributed by atoms with Crippen molar-refractivity contribution in [3.05, 3.63) is 82.8 Å². The maximum Gasteiger partial charge on any atom is 0.167 e. The van der Waals surface area contributed by atoms with Crippen molar-refractivity contribution in [2.75, 3.05) is 19.0 Å². The topological polar surface area (TPSA) is 151 Å². The van der Waals surface area contributed by atoms with E-state index in [9.17, 15) is 0 Å². The van der Waals surface area contributed by atoms with Crippen LogP contribution >= 0.6 is 0 Å². The Hall–Kier alpha value is -4.42. The normalized spacial score (nSPS) is 22.7. The first kappa shape index (κ1) is 26.8. The number of nitrogens with one attached hydrogen (secondary N) is 1. The molecular weight excluding hydrogens is 528 g/mol. The predicted octanol–water partition coefficient (Wildman–Crippen LogP) is 4.75.